The average molecular weight is 393 g/mol. The maximum Gasteiger partial charge on any atom is 0.227 e. The number of rotatable bonds is 3. The molecule has 29 heavy (non-hydrogen) atoms. The van der Waals surface area contributed by atoms with Crippen LogP contribution in [0.3, 0.4) is 0 Å². The van der Waals surface area contributed by atoms with Crippen LogP contribution in [0, 0.1) is 6.92 Å². The number of nitrogens with zero attached hydrogens (tertiary/aromatic N) is 4. The van der Waals surface area contributed by atoms with E-state index in [1.165, 1.54) is 5.56 Å². The SMILES string of the molecule is CC(=O)N1CCCC(c2ncc3c(n2)CCN(C(=O)Cc2ccc(C)cc2)C3)C1. The molecule has 2 amide bonds. The normalized spacial score (nSPS) is 19.0. The zero-order valence-electron chi connectivity index (χ0n) is 17.2. The fourth-order valence-corrected chi connectivity index (χ4v) is 4.21. The first kappa shape index (κ1) is 19.6. The Morgan fingerprint density at radius 1 is 1.14 bits per heavy atom. The van der Waals surface area contributed by atoms with Crippen molar-refractivity contribution in [1.29, 1.82) is 0 Å². The molecule has 0 radical (unpaired) electrons. The molecular weight excluding hydrogens is 364 g/mol. The number of aryl methyl sites for hydroxylation is 1. The molecule has 6 nitrogen and oxygen atoms in total. The topological polar surface area (TPSA) is 66.4 Å². The van der Waals surface area contributed by atoms with Gasteiger partial charge in [-0.05, 0) is 25.3 Å². The predicted molar refractivity (Wildman–Crippen MR) is 110 cm³/mol. The third-order valence-electron chi connectivity index (χ3n) is 6.01. The van der Waals surface area contributed by atoms with Gasteiger partial charge in [0, 0.05) is 57.2 Å². The summed E-state index contributed by atoms with van der Waals surface area (Å²) in [6.07, 6.45) is 5.08. The Hall–Kier alpha value is -2.76. The van der Waals surface area contributed by atoms with Gasteiger partial charge in [0.1, 0.15) is 5.82 Å². The van der Waals surface area contributed by atoms with E-state index in [0.29, 0.717) is 26.1 Å². The molecular formula is C23H28N4O2. The van der Waals surface area contributed by atoms with Crippen molar-refractivity contribution in [3.63, 3.8) is 0 Å². The van der Waals surface area contributed by atoms with Crippen molar-refractivity contribution >= 4 is 11.8 Å². The highest BCUT2D eigenvalue weighted by Crippen LogP contribution is 2.26. The summed E-state index contributed by atoms with van der Waals surface area (Å²) in [6.45, 7) is 6.47. The van der Waals surface area contributed by atoms with E-state index in [0.717, 1.165) is 48.5 Å². The quantitative estimate of drug-likeness (QED) is 0.805. The Balaban J connectivity index is 1.42. The van der Waals surface area contributed by atoms with Gasteiger partial charge in [0.15, 0.2) is 0 Å². The summed E-state index contributed by atoms with van der Waals surface area (Å²) in [5, 5.41) is 0. The molecule has 152 valence electrons. The van der Waals surface area contributed by atoms with E-state index in [1.54, 1.807) is 6.92 Å². The number of carbonyl (C=O) groups excluding carboxylic acids is 2. The van der Waals surface area contributed by atoms with Crippen LogP contribution >= 0.6 is 0 Å². The van der Waals surface area contributed by atoms with Crippen LogP contribution in [-0.2, 0) is 29.0 Å². The Bertz CT molecular complexity index is 910. The summed E-state index contributed by atoms with van der Waals surface area (Å²) in [7, 11) is 0. The molecule has 0 bridgehead atoms. The lowest BCUT2D eigenvalue weighted by Crippen LogP contribution is -2.39. The lowest BCUT2D eigenvalue weighted by atomic mass is 9.96. The molecule has 1 fully saturated rings. The summed E-state index contributed by atoms with van der Waals surface area (Å²) in [6, 6.07) is 8.13. The van der Waals surface area contributed by atoms with Gasteiger partial charge in [-0.25, -0.2) is 9.97 Å². The Morgan fingerprint density at radius 2 is 1.93 bits per heavy atom. The van der Waals surface area contributed by atoms with Gasteiger partial charge >= 0.3 is 0 Å². The number of fused-ring (bicyclic) bond motifs is 1. The first-order valence-electron chi connectivity index (χ1n) is 10.4. The smallest absolute Gasteiger partial charge is 0.227 e. The number of aromatic nitrogens is 2. The van der Waals surface area contributed by atoms with E-state index in [2.05, 4.69) is 4.98 Å². The van der Waals surface area contributed by atoms with Crippen molar-refractivity contribution in [2.45, 2.75) is 52.0 Å². The van der Waals surface area contributed by atoms with Crippen molar-refractivity contribution in [1.82, 2.24) is 19.8 Å². The molecule has 0 spiro atoms. The number of likely N-dealkylation sites (tertiary alicyclic amines) is 1. The molecule has 1 aromatic heterocycles. The van der Waals surface area contributed by atoms with Crippen molar-refractivity contribution in [3.8, 4) is 0 Å². The van der Waals surface area contributed by atoms with Crippen LogP contribution in [0.15, 0.2) is 30.5 Å². The second-order valence-corrected chi connectivity index (χ2v) is 8.23. The molecule has 2 aliphatic heterocycles. The molecule has 4 rings (SSSR count). The van der Waals surface area contributed by atoms with Crippen molar-refractivity contribution in [2.75, 3.05) is 19.6 Å². The fourth-order valence-electron chi connectivity index (χ4n) is 4.21. The van der Waals surface area contributed by atoms with Crippen molar-refractivity contribution in [3.05, 3.63) is 58.7 Å². The van der Waals surface area contributed by atoms with E-state index in [4.69, 9.17) is 4.98 Å². The number of benzene rings is 1. The number of hydrogen-bond donors (Lipinski definition) is 0. The van der Waals surface area contributed by atoms with Gasteiger partial charge < -0.3 is 9.80 Å². The predicted octanol–water partition coefficient (Wildman–Crippen LogP) is 2.64. The highest BCUT2D eigenvalue weighted by atomic mass is 16.2. The summed E-state index contributed by atoms with van der Waals surface area (Å²) in [4.78, 5) is 37.7. The summed E-state index contributed by atoms with van der Waals surface area (Å²) < 4.78 is 0. The summed E-state index contributed by atoms with van der Waals surface area (Å²) in [5.41, 5.74) is 4.33. The van der Waals surface area contributed by atoms with E-state index in [9.17, 15) is 9.59 Å². The number of amides is 2. The second kappa shape index (κ2) is 8.31. The van der Waals surface area contributed by atoms with Crippen LogP contribution in [0.2, 0.25) is 0 Å². The molecule has 1 saturated heterocycles. The molecule has 0 saturated carbocycles. The van der Waals surface area contributed by atoms with Crippen molar-refractivity contribution in [2.24, 2.45) is 0 Å². The average Bonchev–Trinajstić information content (AvgIpc) is 2.74. The van der Waals surface area contributed by atoms with Gasteiger partial charge in [0.2, 0.25) is 11.8 Å². The zero-order valence-corrected chi connectivity index (χ0v) is 17.2. The van der Waals surface area contributed by atoms with Gasteiger partial charge in [-0.3, -0.25) is 9.59 Å². The number of hydrogen-bond acceptors (Lipinski definition) is 4. The van der Waals surface area contributed by atoms with Gasteiger partial charge in [-0.2, -0.15) is 0 Å². The second-order valence-electron chi connectivity index (χ2n) is 8.23. The van der Waals surface area contributed by atoms with Crippen LogP contribution in [0.4, 0.5) is 0 Å². The minimum atomic E-state index is 0.121. The third kappa shape index (κ3) is 4.47. The number of carbonyl (C=O) groups is 2. The molecule has 2 aromatic rings. The molecule has 2 aliphatic rings. The lowest BCUT2D eigenvalue weighted by Gasteiger charge is -2.32. The standard InChI is InChI=1S/C23H28N4O2/c1-16-5-7-18(8-6-16)12-22(29)27-11-9-21-20(15-27)13-24-23(25-21)19-4-3-10-26(14-19)17(2)28/h5-8,13,19H,3-4,9-12,14-15H2,1-2H3. The maximum absolute atomic E-state index is 12.7. The van der Waals surface area contributed by atoms with Crippen LogP contribution < -0.4 is 0 Å². The molecule has 1 atom stereocenters. The fraction of sp³-hybridized carbons (Fsp3) is 0.478. The highest BCUT2D eigenvalue weighted by molar-refractivity contribution is 5.79. The maximum atomic E-state index is 12.7. The first-order valence-corrected chi connectivity index (χ1v) is 10.4. The van der Waals surface area contributed by atoms with Gasteiger partial charge in [-0.1, -0.05) is 29.8 Å². The first-order chi connectivity index (χ1) is 14.0. The van der Waals surface area contributed by atoms with E-state index in [1.807, 2.05) is 47.2 Å². The minimum Gasteiger partial charge on any atom is -0.342 e. The largest absolute Gasteiger partial charge is 0.342 e. The monoisotopic (exact) mass is 392 g/mol. The Morgan fingerprint density at radius 3 is 2.69 bits per heavy atom. The van der Waals surface area contributed by atoms with Gasteiger partial charge in [0.05, 0.1) is 12.1 Å². The Kier molecular flexibility index (Phi) is 5.60. The summed E-state index contributed by atoms with van der Waals surface area (Å²) in [5.74, 6) is 1.32. The third-order valence-corrected chi connectivity index (χ3v) is 6.01. The minimum absolute atomic E-state index is 0.121. The Labute approximate surface area is 172 Å². The van der Waals surface area contributed by atoms with Crippen LogP contribution in [0.25, 0.3) is 0 Å². The highest BCUT2D eigenvalue weighted by Gasteiger charge is 2.27. The lowest BCUT2D eigenvalue weighted by molar-refractivity contribution is -0.131. The van der Waals surface area contributed by atoms with Gasteiger partial charge in [0.25, 0.3) is 0 Å². The zero-order chi connectivity index (χ0) is 20.4. The van der Waals surface area contributed by atoms with E-state index < -0.39 is 0 Å². The molecule has 0 aliphatic carbocycles. The number of piperidine rings is 1. The van der Waals surface area contributed by atoms with Crippen LogP contribution in [0.1, 0.15) is 53.9 Å². The van der Waals surface area contributed by atoms with Crippen LogP contribution in [-0.4, -0.2) is 51.2 Å². The van der Waals surface area contributed by atoms with E-state index in [-0.39, 0.29) is 17.7 Å². The molecule has 3 heterocycles. The van der Waals surface area contributed by atoms with Crippen molar-refractivity contribution < 1.29 is 9.59 Å². The molecule has 0 N–H and O–H groups in total. The van der Waals surface area contributed by atoms with E-state index >= 15 is 0 Å². The van der Waals surface area contributed by atoms with Crippen LogP contribution in [0.5, 0.6) is 0 Å². The molecule has 1 unspecified atom stereocenters. The molecule has 1 aromatic carbocycles. The summed E-state index contributed by atoms with van der Waals surface area (Å²) >= 11 is 0. The van der Waals surface area contributed by atoms with Gasteiger partial charge in [-0.15, -0.1) is 0 Å². The molecule has 6 heteroatoms.